The van der Waals surface area contributed by atoms with E-state index in [1.54, 1.807) is 23.9 Å². The van der Waals surface area contributed by atoms with Gasteiger partial charge >= 0.3 is 0 Å². The van der Waals surface area contributed by atoms with Crippen LogP contribution in [0.1, 0.15) is 18.6 Å². The Morgan fingerprint density at radius 3 is 2.82 bits per heavy atom. The van der Waals surface area contributed by atoms with Crippen LogP contribution in [0.3, 0.4) is 0 Å². The monoisotopic (exact) mass is 252 g/mol. The second-order valence-electron chi connectivity index (χ2n) is 3.81. The first-order chi connectivity index (χ1) is 8.06. The quantitative estimate of drug-likeness (QED) is 0.912. The number of benzene rings is 1. The Bertz CT molecular complexity index is 525. The lowest BCUT2D eigenvalue weighted by Crippen LogP contribution is -1.95. The molecule has 0 fully saturated rings. The Morgan fingerprint density at radius 1 is 1.47 bits per heavy atom. The van der Waals surface area contributed by atoms with E-state index in [1.807, 2.05) is 13.2 Å². The van der Waals surface area contributed by atoms with Crippen molar-refractivity contribution >= 4 is 11.8 Å². The fourth-order valence-corrected chi connectivity index (χ4v) is 2.56. The summed E-state index contributed by atoms with van der Waals surface area (Å²) < 4.78 is 14.8. The molecule has 2 aromatic rings. The van der Waals surface area contributed by atoms with E-state index >= 15 is 0 Å². The number of aliphatic hydroxyl groups excluding tert-OH is 1. The van der Waals surface area contributed by atoms with Gasteiger partial charge in [0.15, 0.2) is 0 Å². The number of rotatable bonds is 3. The van der Waals surface area contributed by atoms with Crippen molar-refractivity contribution in [3.05, 3.63) is 42.0 Å². The number of hydrogen-bond acceptors (Lipinski definition) is 3. The van der Waals surface area contributed by atoms with Gasteiger partial charge in [0.1, 0.15) is 5.82 Å². The minimum atomic E-state index is -0.690. The van der Waals surface area contributed by atoms with Gasteiger partial charge in [-0.15, -0.1) is 0 Å². The van der Waals surface area contributed by atoms with Crippen molar-refractivity contribution < 1.29 is 9.50 Å². The van der Waals surface area contributed by atoms with Crippen LogP contribution in [0.4, 0.5) is 4.39 Å². The van der Waals surface area contributed by atoms with Crippen LogP contribution in [0.5, 0.6) is 0 Å². The van der Waals surface area contributed by atoms with Crippen LogP contribution in [-0.4, -0.2) is 14.9 Å². The van der Waals surface area contributed by atoms with Gasteiger partial charge in [-0.1, -0.05) is 11.8 Å². The minimum Gasteiger partial charge on any atom is -0.389 e. The highest BCUT2D eigenvalue weighted by Crippen LogP contribution is 2.33. The third-order valence-corrected chi connectivity index (χ3v) is 3.37. The molecule has 5 heteroatoms. The highest BCUT2D eigenvalue weighted by molar-refractivity contribution is 7.99. The Balaban J connectivity index is 2.32. The summed E-state index contributed by atoms with van der Waals surface area (Å²) in [5.41, 5.74) is 0.596. The van der Waals surface area contributed by atoms with Crippen LogP contribution in [0, 0.1) is 5.82 Å². The maximum Gasteiger partial charge on any atom is 0.123 e. The van der Waals surface area contributed by atoms with Crippen molar-refractivity contribution in [3.8, 4) is 0 Å². The average Bonchev–Trinajstić information content (AvgIpc) is 2.66. The Kier molecular flexibility index (Phi) is 3.49. The van der Waals surface area contributed by atoms with Gasteiger partial charge in [0.2, 0.25) is 0 Å². The molecule has 1 N–H and O–H groups in total. The van der Waals surface area contributed by atoms with Gasteiger partial charge in [0, 0.05) is 18.1 Å². The molecule has 3 nitrogen and oxygen atoms in total. The Morgan fingerprint density at radius 2 is 2.24 bits per heavy atom. The van der Waals surface area contributed by atoms with Crippen LogP contribution in [0.25, 0.3) is 0 Å². The lowest BCUT2D eigenvalue weighted by atomic mass is 10.1. The van der Waals surface area contributed by atoms with E-state index < -0.39 is 6.10 Å². The standard InChI is InChI=1S/C12H13FN2OS/c1-8(16)11-5-9(13)3-4-12(11)17-10-6-14-15(2)7-10/h3-8,16H,1-2H3/t8-/m1/s1. The topological polar surface area (TPSA) is 38.1 Å². The van der Waals surface area contributed by atoms with E-state index in [0.717, 1.165) is 9.79 Å². The molecule has 0 bridgehead atoms. The fourth-order valence-electron chi connectivity index (χ4n) is 1.52. The lowest BCUT2D eigenvalue weighted by Gasteiger charge is -2.10. The molecule has 0 aliphatic carbocycles. The summed E-state index contributed by atoms with van der Waals surface area (Å²) in [5.74, 6) is -0.337. The number of aliphatic hydroxyl groups is 1. The molecule has 0 saturated carbocycles. The third kappa shape index (κ3) is 2.87. The van der Waals surface area contributed by atoms with Crippen molar-refractivity contribution in [3.63, 3.8) is 0 Å². The number of hydrogen-bond donors (Lipinski definition) is 1. The SMILES string of the molecule is C[C@@H](O)c1cc(F)ccc1Sc1cnn(C)c1. The lowest BCUT2D eigenvalue weighted by molar-refractivity contribution is 0.196. The average molecular weight is 252 g/mol. The molecular weight excluding hydrogens is 239 g/mol. The molecule has 1 aromatic heterocycles. The fraction of sp³-hybridized carbons (Fsp3) is 0.250. The molecule has 1 aromatic carbocycles. The van der Waals surface area contributed by atoms with E-state index in [0.29, 0.717) is 5.56 Å². The van der Waals surface area contributed by atoms with Crippen LogP contribution >= 0.6 is 11.8 Å². The summed E-state index contributed by atoms with van der Waals surface area (Å²) in [7, 11) is 1.84. The molecule has 2 rings (SSSR count). The first-order valence-electron chi connectivity index (χ1n) is 5.20. The van der Waals surface area contributed by atoms with Gasteiger partial charge in [0.25, 0.3) is 0 Å². The van der Waals surface area contributed by atoms with Gasteiger partial charge in [0.05, 0.1) is 17.2 Å². The molecule has 17 heavy (non-hydrogen) atoms. The largest absolute Gasteiger partial charge is 0.389 e. The molecular formula is C12H13FN2OS. The van der Waals surface area contributed by atoms with Gasteiger partial charge in [-0.05, 0) is 30.7 Å². The number of nitrogens with zero attached hydrogens (tertiary/aromatic N) is 2. The second kappa shape index (κ2) is 4.89. The highest BCUT2D eigenvalue weighted by atomic mass is 32.2. The zero-order valence-electron chi connectivity index (χ0n) is 9.59. The summed E-state index contributed by atoms with van der Waals surface area (Å²) in [6.45, 7) is 1.63. The summed E-state index contributed by atoms with van der Waals surface area (Å²) in [4.78, 5) is 1.80. The van der Waals surface area contributed by atoms with E-state index in [4.69, 9.17) is 0 Å². The molecule has 0 aliphatic rings. The van der Waals surface area contributed by atoms with Gasteiger partial charge in [-0.3, -0.25) is 4.68 Å². The number of aryl methyl sites for hydroxylation is 1. The van der Waals surface area contributed by atoms with Crippen LogP contribution in [-0.2, 0) is 7.05 Å². The maximum absolute atomic E-state index is 13.1. The molecule has 0 spiro atoms. The first kappa shape index (κ1) is 12.1. The molecule has 1 atom stereocenters. The summed E-state index contributed by atoms with van der Waals surface area (Å²) in [5, 5.41) is 13.7. The smallest absolute Gasteiger partial charge is 0.123 e. The van der Waals surface area contributed by atoms with Crippen LogP contribution in [0.15, 0.2) is 40.4 Å². The predicted molar refractivity (Wildman–Crippen MR) is 64.4 cm³/mol. The summed E-state index contributed by atoms with van der Waals surface area (Å²) in [6.07, 6.45) is 2.92. The van der Waals surface area contributed by atoms with E-state index in [9.17, 15) is 9.50 Å². The Hall–Kier alpha value is -1.33. The third-order valence-electron chi connectivity index (χ3n) is 2.33. The molecule has 0 unspecified atom stereocenters. The second-order valence-corrected chi connectivity index (χ2v) is 4.93. The van der Waals surface area contributed by atoms with Gasteiger partial charge in [-0.2, -0.15) is 5.10 Å². The predicted octanol–water partition coefficient (Wildman–Crippen LogP) is 2.76. The van der Waals surface area contributed by atoms with E-state index in [-0.39, 0.29) is 5.82 Å². The first-order valence-corrected chi connectivity index (χ1v) is 6.02. The summed E-state index contributed by atoms with van der Waals surface area (Å²) in [6, 6.07) is 4.43. The molecule has 0 amide bonds. The molecule has 1 heterocycles. The van der Waals surface area contributed by atoms with Crippen molar-refractivity contribution in [2.75, 3.05) is 0 Å². The highest BCUT2D eigenvalue weighted by Gasteiger charge is 2.11. The van der Waals surface area contributed by atoms with Crippen molar-refractivity contribution in [2.24, 2.45) is 7.05 Å². The summed E-state index contributed by atoms with van der Waals surface area (Å²) >= 11 is 1.46. The molecule has 0 saturated heterocycles. The van der Waals surface area contributed by atoms with Gasteiger partial charge < -0.3 is 5.11 Å². The number of aromatic nitrogens is 2. The zero-order valence-corrected chi connectivity index (χ0v) is 10.4. The number of halogens is 1. The molecule has 90 valence electrons. The van der Waals surface area contributed by atoms with E-state index in [2.05, 4.69) is 5.10 Å². The van der Waals surface area contributed by atoms with Crippen LogP contribution < -0.4 is 0 Å². The van der Waals surface area contributed by atoms with Crippen molar-refractivity contribution in [1.29, 1.82) is 0 Å². The van der Waals surface area contributed by atoms with Crippen molar-refractivity contribution in [2.45, 2.75) is 22.8 Å². The zero-order chi connectivity index (χ0) is 12.4. The minimum absolute atomic E-state index is 0.337. The Labute approximate surface area is 103 Å². The van der Waals surface area contributed by atoms with E-state index in [1.165, 1.54) is 23.9 Å². The van der Waals surface area contributed by atoms with Crippen LogP contribution in [0.2, 0.25) is 0 Å². The van der Waals surface area contributed by atoms with Gasteiger partial charge in [-0.25, -0.2) is 4.39 Å². The van der Waals surface area contributed by atoms with Crippen molar-refractivity contribution in [1.82, 2.24) is 9.78 Å². The molecule has 0 aliphatic heterocycles. The maximum atomic E-state index is 13.1. The molecule has 0 radical (unpaired) electrons. The normalized spacial score (nSPS) is 12.7.